The van der Waals surface area contributed by atoms with E-state index >= 15 is 0 Å². The minimum Gasteiger partial charge on any atom is -0.388 e. The Morgan fingerprint density at radius 3 is 2.53 bits per heavy atom. The lowest BCUT2D eigenvalue weighted by Gasteiger charge is -2.27. The first-order valence-corrected chi connectivity index (χ1v) is 7.20. The van der Waals surface area contributed by atoms with Crippen molar-refractivity contribution in [2.45, 2.75) is 18.9 Å². The smallest absolute Gasteiger partial charge is 0.0819 e. The summed E-state index contributed by atoms with van der Waals surface area (Å²) in [7, 11) is 0. The van der Waals surface area contributed by atoms with Gasteiger partial charge in [0.2, 0.25) is 0 Å². The van der Waals surface area contributed by atoms with Crippen LogP contribution >= 0.6 is 11.6 Å². The molecule has 1 fully saturated rings. The number of piperidine rings is 1. The van der Waals surface area contributed by atoms with Crippen molar-refractivity contribution in [1.29, 1.82) is 0 Å². The van der Waals surface area contributed by atoms with Crippen molar-refractivity contribution < 1.29 is 5.11 Å². The molecule has 0 amide bonds. The zero-order chi connectivity index (χ0) is 13.2. The van der Waals surface area contributed by atoms with Crippen LogP contribution in [0.1, 0.15) is 24.5 Å². The SMILES string of the molecule is OC(c1ccc2cc(Cl)ccc2c1)C1CCNCC1. The van der Waals surface area contributed by atoms with E-state index in [4.69, 9.17) is 11.6 Å². The van der Waals surface area contributed by atoms with E-state index in [1.807, 2.05) is 30.3 Å². The van der Waals surface area contributed by atoms with Crippen LogP contribution in [-0.4, -0.2) is 18.2 Å². The monoisotopic (exact) mass is 275 g/mol. The third kappa shape index (κ3) is 2.76. The Bertz CT molecular complexity index is 578. The Balaban J connectivity index is 1.89. The molecule has 0 aliphatic carbocycles. The largest absolute Gasteiger partial charge is 0.388 e. The summed E-state index contributed by atoms with van der Waals surface area (Å²) in [5.41, 5.74) is 1.02. The normalized spacial score (nSPS) is 18.6. The molecule has 19 heavy (non-hydrogen) atoms. The molecule has 3 heteroatoms. The van der Waals surface area contributed by atoms with Gasteiger partial charge in [0.15, 0.2) is 0 Å². The molecular weight excluding hydrogens is 258 g/mol. The number of benzene rings is 2. The van der Waals surface area contributed by atoms with Crippen LogP contribution in [-0.2, 0) is 0 Å². The molecule has 1 heterocycles. The van der Waals surface area contributed by atoms with Gasteiger partial charge in [-0.05, 0) is 66.4 Å². The van der Waals surface area contributed by atoms with Crippen LogP contribution in [0.5, 0.6) is 0 Å². The molecule has 0 spiro atoms. The summed E-state index contributed by atoms with van der Waals surface area (Å²) < 4.78 is 0. The van der Waals surface area contributed by atoms with Crippen molar-refractivity contribution in [3.63, 3.8) is 0 Å². The molecule has 1 aliphatic heterocycles. The standard InChI is InChI=1S/C16H18ClNO/c17-15-4-3-12-9-14(2-1-13(12)10-15)16(19)11-5-7-18-8-6-11/h1-4,9-11,16,18-19H,5-8H2. The van der Waals surface area contributed by atoms with Gasteiger partial charge in [0.1, 0.15) is 0 Å². The predicted octanol–water partition coefficient (Wildman–Crippen LogP) is 3.53. The number of aliphatic hydroxyl groups excluding tert-OH is 1. The maximum Gasteiger partial charge on any atom is 0.0819 e. The van der Waals surface area contributed by atoms with Gasteiger partial charge < -0.3 is 10.4 Å². The van der Waals surface area contributed by atoms with E-state index in [0.717, 1.165) is 47.3 Å². The fourth-order valence-corrected chi connectivity index (χ4v) is 3.03. The summed E-state index contributed by atoms with van der Waals surface area (Å²) in [6.45, 7) is 2.01. The molecule has 2 aromatic rings. The number of fused-ring (bicyclic) bond motifs is 1. The van der Waals surface area contributed by atoms with Crippen molar-refractivity contribution in [1.82, 2.24) is 5.32 Å². The Labute approximate surface area is 118 Å². The molecule has 0 bridgehead atoms. The van der Waals surface area contributed by atoms with Gasteiger partial charge in [0.25, 0.3) is 0 Å². The van der Waals surface area contributed by atoms with E-state index in [9.17, 15) is 5.11 Å². The highest BCUT2D eigenvalue weighted by Gasteiger charge is 2.22. The molecule has 1 unspecified atom stereocenters. The van der Waals surface area contributed by atoms with E-state index in [2.05, 4.69) is 11.4 Å². The zero-order valence-corrected chi connectivity index (χ0v) is 11.5. The van der Waals surface area contributed by atoms with Crippen LogP contribution < -0.4 is 5.32 Å². The van der Waals surface area contributed by atoms with Crippen LogP contribution in [0.2, 0.25) is 5.02 Å². The summed E-state index contributed by atoms with van der Waals surface area (Å²) >= 11 is 5.99. The highest BCUT2D eigenvalue weighted by Crippen LogP contribution is 2.31. The van der Waals surface area contributed by atoms with Gasteiger partial charge in [0, 0.05) is 5.02 Å². The lowest BCUT2D eigenvalue weighted by molar-refractivity contribution is 0.0890. The molecule has 1 saturated heterocycles. The highest BCUT2D eigenvalue weighted by molar-refractivity contribution is 6.31. The van der Waals surface area contributed by atoms with Crippen LogP contribution in [0, 0.1) is 5.92 Å². The number of hydrogen-bond acceptors (Lipinski definition) is 2. The lowest BCUT2D eigenvalue weighted by atomic mass is 9.87. The third-order valence-corrected chi connectivity index (χ3v) is 4.23. The molecular formula is C16H18ClNO. The van der Waals surface area contributed by atoms with E-state index in [0.29, 0.717) is 5.92 Å². The maximum absolute atomic E-state index is 10.5. The van der Waals surface area contributed by atoms with Crippen LogP contribution in [0.3, 0.4) is 0 Å². The van der Waals surface area contributed by atoms with Gasteiger partial charge in [-0.2, -0.15) is 0 Å². The van der Waals surface area contributed by atoms with Gasteiger partial charge >= 0.3 is 0 Å². The van der Waals surface area contributed by atoms with Crippen LogP contribution in [0.15, 0.2) is 36.4 Å². The summed E-state index contributed by atoms with van der Waals surface area (Å²) in [6.07, 6.45) is 1.72. The molecule has 100 valence electrons. The second-order valence-electron chi connectivity index (χ2n) is 5.28. The fraction of sp³-hybridized carbons (Fsp3) is 0.375. The molecule has 3 rings (SSSR count). The second-order valence-corrected chi connectivity index (χ2v) is 5.72. The van der Waals surface area contributed by atoms with Gasteiger partial charge in [-0.25, -0.2) is 0 Å². The minimum absolute atomic E-state index is 0.359. The molecule has 2 nitrogen and oxygen atoms in total. The first-order valence-electron chi connectivity index (χ1n) is 6.82. The van der Waals surface area contributed by atoms with Gasteiger partial charge in [0.05, 0.1) is 6.10 Å². The highest BCUT2D eigenvalue weighted by atomic mass is 35.5. The van der Waals surface area contributed by atoms with Crippen LogP contribution in [0.4, 0.5) is 0 Å². The quantitative estimate of drug-likeness (QED) is 0.879. The predicted molar refractivity (Wildman–Crippen MR) is 79.5 cm³/mol. The molecule has 0 radical (unpaired) electrons. The van der Waals surface area contributed by atoms with Crippen molar-refractivity contribution in [3.05, 3.63) is 47.0 Å². The number of aliphatic hydroxyl groups is 1. The van der Waals surface area contributed by atoms with E-state index in [1.165, 1.54) is 0 Å². The summed E-state index contributed by atoms with van der Waals surface area (Å²) in [6, 6.07) is 12.0. The molecule has 1 atom stereocenters. The van der Waals surface area contributed by atoms with Gasteiger partial charge in [-0.1, -0.05) is 29.8 Å². The second kappa shape index (κ2) is 5.49. The van der Waals surface area contributed by atoms with Crippen molar-refractivity contribution in [2.75, 3.05) is 13.1 Å². The molecule has 0 aromatic heterocycles. The fourth-order valence-electron chi connectivity index (χ4n) is 2.85. The third-order valence-electron chi connectivity index (χ3n) is 4.00. The summed E-state index contributed by atoms with van der Waals surface area (Å²) in [5, 5.41) is 16.8. The number of rotatable bonds is 2. The Hall–Kier alpha value is -1.09. The van der Waals surface area contributed by atoms with Crippen molar-refractivity contribution in [2.24, 2.45) is 5.92 Å². The average molecular weight is 276 g/mol. The summed E-state index contributed by atoms with van der Waals surface area (Å²) in [4.78, 5) is 0. The number of nitrogens with one attached hydrogen (secondary N) is 1. The maximum atomic E-state index is 10.5. The molecule has 2 aromatic carbocycles. The van der Waals surface area contributed by atoms with E-state index < -0.39 is 0 Å². The van der Waals surface area contributed by atoms with Crippen LogP contribution in [0.25, 0.3) is 10.8 Å². The average Bonchev–Trinajstić information content (AvgIpc) is 2.47. The topological polar surface area (TPSA) is 32.3 Å². The first kappa shape index (κ1) is 12.9. The number of halogens is 1. The molecule has 1 aliphatic rings. The Kier molecular flexibility index (Phi) is 3.74. The summed E-state index contributed by atoms with van der Waals surface area (Å²) in [5.74, 6) is 0.367. The van der Waals surface area contributed by atoms with Crippen molar-refractivity contribution >= 4 is 22.4 Å². The van der Waals surface area contributed by atoms with Gasteiger partial charge in [-0.3, -0.25) is 0 Å². The lowest BCUT2D eigenvalue weighted by Crippen LogP contribution is -2.30. The first-order chi connectivity index (χ1) is 9.24. The zero-order valence-electron chi connectivity index (χ0n) is 10.8. The van der Waals surface area contributed by atoms with E-state index in [1.54, 1.807) is 0 Å². The molecule has 0 saturated carbocycles. The molecule has 2 N–H and O–H groups in total. The van der Waals surface area contributed by atoms with Gasteiger partial charge in [-0.15, -0.1) is 0 Å². The Morgan fingerprint density at radius 2 is 1.74 bits per heavy atom. The van der Waals surface area contributed by atoms with Crippen molar-refractivity contribution in [3.8, 4) is 0 Å². The van der Waals surface area contributed by atoms with E-state index in [-0.39, 0.29) is 6.10 Å². The Morgan fingerprint density at radius 1 is 1.05 bits per heavy atom. The minimum atomic E-state index is -0.359. The number of hydrogen-bond donors (Lipinski definition) is 2.